The largest absolute Gasteiger partial charge is 0.507 e. The van der Waals surface area contributed by atoms with Crippen LogP contribution in [0.5, 0.6) is 11.5 Å². The SMILES string of the molecule is O=C1CC(c2ccccc2)C2=C1C(O)c1c(c(O)c3ccccc3c1O)C2=O. The van der Waals surface area contributed by atoms with Gasteiger partial charge in [0.15, 0.2) is 11.6 Å². The molecular formula is C23H16O5. The summed E-state index contributed by atoms with van der Waals surface area (Å²) < 4.78 is 0. The highest BCUT2D eigenvalue weighted by molar-refractivity contribution is 6.24. The fourth-order valence-electron chi connectivity index (χ4n) is 4.48. The average Bonchev–Trinajstić information content (AvgIpc) is 3.07. The minimum atomic E-state index is -1.46. The van der Waals surface area contributed by atoms with Crippen molar-refractivity contribution in [3.05, 3.63) is 82.4 Å². The van der Waals surface area contributed by atoms with E-state index in [1.807, 2.05) is 30.3 Å². The first kappa shape index (κ1) is 16.7. The zero-order valence-electron chi connectivity index (χ0n) is 14.7. The van der Waals surface area contributed by atoms with E-state index in [0.717, 1.165) is 5.56 Å². The molecule has 2 aliphatic rings. The molecule has 5 rings (SSSR count). The molecule has 0 amide bonds. The zero-order chi connectivity index (χ0) is 19.6. The quantitative estimate of drug-likeness (QED) is 0.568. The Hall–Kier alpha value is -3.44. The Kier molecular flexibility index (Phi) is 3.45. The van der Waals surface area contributed by atoms with Crippen molar-refractivity contribution < 1.29 is 24.9 Å². The molecule has 5 heteroatoms. The summed E-state index contributed by atoms with van der Waals surface area (Å²) in [7, 11) is 0. The van der Waals surface area contributed by atoms with E-state index >= 15 is 0 Å². The van der Waals surface area contributed by atoms with E-state index in [4.69, 9.17) is 0 Å². The molecule has 0 saturated heterocycles. The van der Waals surface area contributed by atoms with E-state index in [0.29, 0.717) is 10.8 Å². The van der Waals surface area contributed by atoms with Crippen LogP contribution in [0, 0.1) is 0 Å². The van der Waals surface area contributed by atoms with E-state index in [1.54, 1.807) is 24.3 Å². The maximum absolute atomic E-state index is 13.4. The van der Waals surface area contributed by atoms with Gasteiger partial charge in [-0.05, 0) is 5.56 Å². The second-order valence-electron chi connectivity index (χ2n) is 7.18. The van der Waals surface area contributed by atoms with Gasteiger partial charge in [0.05, 0.1) is 5.56 Å². The normalized spacial score (nSPS) is 21.2. The third-order valence-corrected chi connectivity index (χ3v) is 5.75. The molecule has 0 radical (unpaired) electrons. The Morgan fingerprint density at radius 1 is 0.786 bits per heavy atom. The van der Waals surface area contributed by atoms with E-state index in [-0.39, 0.29) is 46.0 Å². The highest BCUT2D eigenvalue weighted by Crippen LogP contribution is 2.53. The van der Waals surface area contributed by atoms with Crippen molar-refractivity contribution in [2.45, 2.75) is 18.4 Å². The predicted octanol–water partition coefficient (Wildman–Crippen LogP) is 3.53. The van der Waals surface area contributed by atoms with Crippen LogP contribution >= 0.6 is 0 Å². The number of aliphatic hydroxyl groups is 1. The van der Waals surface area contributed by atoms with E-state index in [1.165, 1.54) is 0 Å². The minimum Gasteiger partial charge on any atom is -0.507 e. The van der Waals surface area contributed by atoms with Crippen molar-refractivity contribution in [3.8, 4) is 11.5 Å². The molecule has 2 unspecified atom stereocenters. The van der Waals surface area contributed by atoms with Crippen molar-refractivity contribution in [1.29, 1.82) is 0 Å². The summed E-state index contributed by atoms with van der Waals surface area (Å²) in [5, 5.41) is 33.1. The van der Waals surface area contributed by atoms with Gasteiger partial charge < -0.3 is 15.3 Å². The summed E-state index contributed by atoms with van der Waals surface area (Å²) in [6.07, 6.45) is -1.38. The van der Waals surface area contributed by atoms with Crippen LogP contribution in [0.4, 0.5) is 0 Å². The van der Waals surface area contributed by atoms with Gasteiger partial charge in [0.25, 0.3) is 0 Å². The van der Waals surface area contributed by atoms with Crippen LogP contribution in [0.3, 0.4) is 0 Å². The zero-order valence-corrected chi connectivity index (χ0v) is 14.7. The van der Waals surface area contributed by atoms with Gasteiger partial charge in [-0.15, -0.1) is 0 Å². The first-order chi connectivity index (χ1) is 13.5. The van der Waals surface area contributed by atoms with Crippen LogP contribution in [-0.4, -0.2) is 26.9 Å². The van der Waals surface area contributed by atoms with Gasteiger partial charge in [-0.3, -0.25) is 9.59 Å². The number of fused-ring (bicyclic) bond motifs is 2. The topological polar surface area (TPSA) is 94.8 Å². The summed E-state index contributed by atoms with van der Waals surface area (Å²) >= 11 is 0. The summed E-state index contributed by atoms with van der Waals surface area (Å²) in [4.78, 5) is 26.1. The molecule has 0 fully saturated rings. The molecule has 3 aromatic rings. The molecule has 138 valence electrons. The number of carbonyl (C=O) groups is 2. The summed E-state index contributed by atoms with van der Waals surface area (Å²) in [5.74, 6) is -1.89. The van der Waals surface area contributed by atoms with Crippen LogP contribution in [0.25, 0.3) is 10.8 Å². The molecule has 0 spiro atoms. The van der Waals surface area contributed by atoms with Crippen LogP contribution in [0.2, 0.25) is 0 Å². The van der Waals surface area contributed by atoms with E-state index < -0.39 is 17.8 Å². The number of aromatic hydroxyl groups is 2. The lowest BCUT2D eigenvalue weighted by atomic mass is 9.78. The number of phenols is 2. The number of allylic oxidation sites excluding steroid dienone is 1. The number of benzene rings is 3. The monoisotopic (exact) mass is 372 g/mol. The lowest BCUT2D eigenvalue weighted by Gasteiger charge is -2.26. The Morgan fingerprint density at radius 3 is 2.07 bits per heavy atom. The molecule has 3 N–H and O–H groups in total. The molecule has 28 heavy (non-hydrogen) atoms. The summed E-state index contributed by atoms with van der Waals surface area (Å²) in [6.45, 7) is 0. The maximum atomic E-state index is 13.4. The van der Waals surface area contributed by atoms with Crippen molar-refractivity contribution in [2.75, 3.05) is 0 Å². The highest BCUT2D eigenvalue weighted by atomic mass is 16.3. The number of hydrogen-bond donors (Lipinski definition) is 3. The number of aliphatic hydroxyl groups excluding tert-OH is 1. The first-order valence-electron chi connectivity index (χ1n) is 9.02. The third kappa shape index (κ3) is 2.05. The Balaban J connectivity index is 1.80. The van der Waals surface area contributed by atoms with Gasteiger partial charge in [0.2, 0.25) is 0 Å². The molecule has 0 saturated carbocycles. The molecule has 0 aliphatic heterocycles. The van der Waals surface area contributed by atoms with Gasteiger partial charge in [-0.25, -0.2) is 0 Å². The van der Waals surface area contributed by atoms with E-state index in [2.05, 4.69) is 0 Å². The Labute approximate surface area is 160 Å². The van der Waals surface area contributed by atoms with Crippen molar-refractivity contribution in [3.63, 3.8) is 0 Å². The molecule has 2 aliphatic carbocycles. The van der Waals surface area contributed by atoms with Gasteiger partial charge in [-0.1, -0.05) is 54.6 Å². The van der Waals surface area contributed by atoms with E-state index in [9.17, 15) is 24.9 Å². The highest BCUT2D eigenvalue weighted by Gasteiger charge is 2.47. The Bertz CT molecular complexity index is 1210. The fourth-order valence-corrected chi connectivity index (χ4v) is 4.48. The molecular weight excluding hydrogens is 356 g/mol. The number of phenolic OH excluding ortho intramolecular Hbond substituents is 2. The van der Waals surface area contributed by atoms with Gasteiger partial charge in [-0.2, -0.15) is 0 Å². The number of rotatable bonds is 1. The molecule has 5 nitrogen and oxygen atoms in total. The lowest BCUT2D eigenvalue weighted by Crippen LogP contribution is -2.22. The second-order valence-corrected chi connectivity index (χ2v) is 7.18. The predicted molar refractivity (Wildman–Crippen MR) is 102 cm³/mol. The smallest absolute Gasteiger partial charge is 0.194 e. The van der Waals surface area contributed by atoms with Gasteiger partial charge >= 0.3 is 0 Å². The van der Waals surface area contributed by atoms with Gasteiger partial charge in [0, 0.05) is 39.8 Å². The third-order valence-electron chi connectivity index (χ3n) is 5.75. The summed E-state index contributed by atoms with van der Waals surface area (Å²) in [6, 6.07) is 15.7. The summed E-state index contributed by atoms with van der Waals surface area (Å²) in [5.41, 5.74) is 0.812. The standard InChI is InChI=1S/C23H16O5/c24-15-10-14(11-6-2-1-3-7-11)16-17(15)23(28)19-18(22(16)27)20(25)12-8-4-5-9-13(12)21(19)26/h1-9,14,23,25-26,28H,10H2. The number of ketones is 2. The average molecular weight is 372 g/mol. The van der Waals surface area contributed by atoms with Crippen molar-refractivity contribution in [1.82, 2.24) is 0 Å². The van der Waals surface area contributed by atoms with Crippen molar-refractivity contribution in [2.24, 2.45) is 0 Å². The fraction of sp³-hybridized carbons (Fsp3) is 0.130. The molecule has 0 heterocycles. The molecule has 2 atom stereocenters. The second kappa shape index (κ2) is 5.78. The molecule has 0 aromatic heterocycles. The molecule has 0 bridgehead atoms. The minimum absolute atomic E-state index is 0.0244. The van der Waals surface area contributed by atoms with Crippen LogP contribution < -0.4 is 0 Å². The van der Waals surface area contributed by atoms with Crippen LogP contribution in [0.15, 0.2) is 65.7 Å². The van der Waals surface area contributed by atoms with Gasteiger partial charge in [0.1, 0.15) is 17.6 Å². The van der Waals surface area contributed by atoms with Crippen LogP contribution in [0.1, 0.15) is 39.9 Å². The first-order valence-corrected chi connectivity index (χ1v) is 9.02. The maximum Gasteiger partial charge on any atom is 0.194 e. The lowest BCUT2D eigenvalue weighted by molar-refractivity contribution is -0.116. The molecule has 3 aromatic carbocycles. The number of carbonyl (C=O) groups excluding carboxylic acids is 2. The Morgan fingerprint density at radius 2 is 1.39 bits per heavy atom. The van der Waals surface area contributed by atoms with Crippen LogP contribution in [-0.2, 0) is 4.79 Å². The van der Waals surface area contributed by atoms with Crippen molar-refractivity contribution >= 4 is 22.3 Å². The number of hydrogen-bond acceptors (Lipinski definition) is 5. The number of Topliss-reactive ketones (excluding diaryl/α,β-unsaturated/α-hetero) is 2.